The van der Waals surface area contributed by atoms with Crippen molar-refractivity contribution in [1.82, 2.24) is 0 Å². The Morgan fingerprint density at radius 1 is 1.16 bits per heavy atom. The second-order valence-corrected chi connectivity index (χ2v) is 6.85. The number of nitrogens with one attached hydrogen (secondary N) is 1. The number of hydrogen-bond donors (Lipinski definition) is 3. The quantitative estimate of drug-likeness (QED) is 0.334. The van der Waals surface area contributed by atoms with Crippen molar-refractivity contribution in [2.75, 3.05) is 9.73 Å². The predicted octanol–water partition coefficient (Wildman–Crippen LogP) is 5.04. The number of benzene rings is 2. The molecule has 0 spiro atoms. The predicted molar refractivity (Wildman–Crippen MR) is 110 cm³/mol. The minimum absolute atomic E-state index is 0.802. The summed E-state index contributed by atoms with van der Waals surface area (Å²) in [4.78, 5) is 1.09. The first-order chi connectivity index (χ1) is 12.1. The molecule has 4 nitrogen and oxygen atoms in total. The van der Waals surface area contributed by atoms with Gasteiger partial charge in [-0.05, 0) is 67.1 Å². The minimum atomic E-state index is 0.802. The van der Waals surface area contributed by atoms with E-state index in [1.165, 1.54) is 5.56 Å². The Hall–Kier alpha value is -2.11. The second kappa shape index (κ2) is 10.0. The number of anilines is 2. The van der Waals surface area contributed by atoms with Gasteiger partial charge in [0, 0.05) is 22.5 Å². The first-order valence-corrected chi connectivity index (χ1v) is 9.56. The van der Waals surface area contributed by atoms with Crippen LogP contribution in [0.25, 0.3) is 0 Å². The molecule has 25 heavy (non-hydrogen) atoms. The summed E-state index contributed by atoms with van der Waals surface area (Å²) in [5, 5.41) is 1.59. The SMILES string of the molecule is CCCC/C(N)=C/N(N)c1cccc(SNc2ccc(CC)cc2)c1. The second-order valence-electron chi connectivity index (χ2n) is 5.97. The van der Waals surface area contributed by atoms with Crippen molar-refractivity contribution in [2.45, 2.75) is 44.4 Å². The molecule has 0 saturated carbocycles. The van der Waals surface area contributed by atoms with Crippen LogP contribution >= 0.6 is 11.9 Å². The third-order valence-corrected chi connectivity index (χ3v) is 4.72. The summed E-state index contributed by atoms with van der Waals surface area (Å²) in [5.74, 6) is 6.12. The van der Waals surface area contributed by atoms with Crippen molar-refractivity contribution in [3.05, 3.63) is 66.0 Å². The highest BCUT2D eigenvalue weighted by Crippen LogP contribution is 2.25. The van der Waals surface area contributed by atoms with Crippen LogP contribution < -0.4 is 21.3 Å². The molecule has 134 valence electrons. The molecular weight excluding hydrogens is 328 g/mol. The summed E-state index contributed by atoms with van der Waals surface area (Å²) in [5.41, 5.74) is 10.1. The minimum Gasteiger partial charge on any atom is -0.401 e. The van der Waals surface area contributed by atoms with Gasteiger partial charge in [0.1, 0.15) is 0 Å². The van der Waals surface area contributed by atoms with Gasteiger partial charge in [-0.2, -0.15) is 0 Å². The van der Waals surface area contributed by atoms with Gasteiger partial charge in [-0.1, -0.05) is 38.5 Å². The molecule has 0 fully saturated rings. The Kier molecular flexibility index (Phi) is 7.70. The lowest BCUT2D eigenvalue weighted by molar-refractivity contribution is 0.776. The van der Waals surface area contributed by atoms with E-state index in [4.69, 9.17) is 11.6 Å². The van der Waals surface area contributed by atoms with E-state index in [0.717, 1.165) is 47.7 Å². The third-order valence-electron chi connectivity index (χ3n) is 3.89. The monoisotopic (exact) mass is 356 g/mol. The zero-order valence-electron chi connectivity index (χ0n) is 15.0. The van der Waals surface area contributed by atoms with Crippen LogP contribution in [-0.2, 0) is 6.42 Å². The normalized spacial score (nSPS) is 11.4. The lowest BCUT2D eigenvalue weighted by Crippen LogP contribution is -2.26. The first-order valence-electron chi connectivity index (χ1n) is 8.74. The molecule has 0 aliphatic rings. The van der Waals surface area contributed by atoms with Crippen LogP contribution in [0.2, 0.25) is 0 Å². The third kappa shape index (κ3) is 6.36. The fraction of sp³-hybridized carbons (Fsp3) is 0.300. The van der Waals surface area contributed by atoms with E-state index < -0.39 is 0 Å². The largest absolute Gasteiger partial charge is 0.401 e. The zero-order chi connectivity index (χ0) is 18.1. The Morgan fingerprint density at radius 3 is 2.60 bits per heavy atom. The molecule has 2 rings (SSSR count). The van der Waals surface area contributed by atoms with Crippen molar-refractivity contribution in [1.29, 1.82) is 0 Å². The number of hydrazine groups is 1. The maximum Gasteiger partial charge on any atom is 0.0580 e. The van der Waals surface area contributed by atoms with E-state index in [2.05, 4.69) is 48.9 Å². The van der Waals surface area contributed by atoms with Gasteiger partial charge in [0.25, 0.3) is 0 Å². The van der Waals surface area contributed by atoms with Gasteiger partial charge in [-0.15, -0.1) is 0 Å². The average Bonchev–Trinajstić information content (AvgIpc) is 2.65. The molecule has 0 aliphatic carbocycles. The molecule has 0 aliphatic heterocycles. The van der Waals surface area contributed by atoms with Crippen LogP contribution in [0.5, 0.6) is 0 Å². The Bertz CT molecular complexity index is 682. The summed E-state index contributed by atoms with van der Waals surface area (Å²) >= 11 is 1.57. The average molecular weight is 357 g/mol. The van der Waals surface area contributed by atoms with Gasteiger partial charge in [0.2, 0.25) is 0 Å². The number of allylic oxidation sites excluding steroid dienone is 1. The van der Waals surface area contributed by atoms with E-state index in [0.29, 0.717) is 0 Å². The van der Waals surface area contributed by atoms with E-state index in [1.807, 2.05) is 18.2 Å². The van der Waals surface area contributed by atoms with Crippen molar-refractivity contribution < 1.29 is 0 Å². The van der Waals surface area contributed by atoms with Crippen LogP contribution in [0.15, 0.2) is 65.3 Å². The molecule has 2 aromatic rings. The molecule has 5 heteroatoms. The molecule has 0 saturated heterocycles. The van der Waals surface area contributed by atoms with Crippen molar-refractivity contribution in [3.8, 4) is 0 Å². The van der Waals surface area contributed by atoms with Crippen LogP contribution in [-0.4, -0.2) is 0 Å². The molecule has 2 aromatic carbocycles. The van der Waals surface area contributed by atoms with Crippen LogP contribution in [0.1, 0.15) is 38.7 Å². The van der Waals surface area contributed by atoms with Crippen LogP contribution in [0, 0.1) is 0 Å². The smallest absolute Gasteiger partial charge is 0.0580 e. The summed E-state index contributed by atoms with van der Waals surface area (Å²) in [6.07, 6.45) is 5.92. The molecule has 0 radical (unpaired) electrons. The zero-order valence-corrected chi connectivity index (χ0v) is 15.9. The Morgan fingerprint density at radius 2 is 1.92 bits per heavy atom. The summed E-state index contributed by atoms with van der Waals surface area (Å²) in [7, 11) is 0. The highest BCUT2D eigenvalue weighted by molar-refractivity contribution is 8.00. The fourth-order valence-electron chi connectivity index (χ4n) is 2.33. The van der Waals surface area contributed by atoms with Gasteiger partial charge in [-0.3, -0.25) is 5.01 Å². The highest BCUT2D eigenvalue weighted by Gasteiger charge is 2.03. The first kappa shape index (κ1) is 19.2. The number of nitrogens with two attached hydrogens (primary N) is 2. The summed E-state index contributed by atoms with van der Waals surface area (Å²) in [6, 6.07) is 16.6. The standard InChI is InChI=1S/C20H28N4S/c1-3-5-7-17(21)15-24(22)19-8-6-9-20(14-19)25-23-18-12-10-16(4-2)11-13-18/h6,8-15,23H,3-5,7,21-22H2,1-2H3/b17-15-. The molecule has 0 atom stereocenters. The summed E-state index contributed by atoms with van der Waals surface area (Å²) < 4.78 is 3.36. The number of aryl methyl sites for hydroxylation is 1. The van der Waals surface area contributed by atoms with Crippen LogP contribution in [0.3, 0.4) is 0 Å². The maximum atomic E-state index is 6.12. The topological polar surface area (TPSA) is 67.3 Å². The van der Waals surface area contributed by atoms with E-state index in [1.54, 1.807) is 23.2 Å². The Balaban J connectivity index is 1.97. The lowest BCUT2D eigenvalue weighted by Gasteiger charge is -2.16. The van der Waals surface area contributed by atoms with Crippen molar-refractivity contribution in [3.63, 3.8) is 0 Å². The van der Waals surface area contributed by atoms with Gasteiger partial charge < -0.3 is 10.5 Å². The molecule has 0 heterocycles. The fourth-order valence-corrected chi connectivity index (χ4v) is 3.03. The van der Waals surface area contributed by atoms with Crippen LogP contribution in [0.4, 0.5) is 11.4 Å². The van der Waals surface area contributed by atoms with Crippen molar-refractivity contribution >= 4 is 23.3 Å². The molecular formula is C20H28N4S. The van der Waals surface area contributed by atoms with Crippen molar-refractivity contribution in [2.24, 2.45) is 11.6 Å². The van der Waals surface area contributed by atoms with E-state index in [9.17, 15) is 0 Å². The highest BCUT2D eigenvalue weighted by atomic mass is 32.2. The molecule has 0 unspecified atom stereocenters. The van der Waals surface area contributed by atoms with Gasteiger partial charge >= 0.3 is 0 Å². The van der Waals surface area contributed by atoms with E-state index >= 15 is 0 Å². The lowest BCUT2D eigenvalue weighted by atomic mass is 10.2. The molecule has 5 N–H and O–H groups in total. The van der Waals surface area contributed by atoms with Gasteiger partial charge in [0.05, 0.1) is 5.69 Å². The molecule has 0 bridgehead atoms. The Labute approximate surface area is 155 Å². The molecule has 0 aromatic heterocycles. The maximum absolute atomic E-state index is 6.12. The summed E-state index contributed by atoms with van der Waals surface area (Å²) in [6.45, 7) is 4.31. The number of rotatable bonds is 9. The number of nitrogens with zero attached hydrogens (tertiary/aromatic N) is 1. The van der Waals surface area contributed by atoms with Gasteiger partial charge in [0.15, 0.2) is 0 Å². The number of unbranched alkanes of at least 4 members (excludes halogenated alkanes) is 1. The van der Waals surface area contributed by atoms with Gasteiger partial charge in [-0.25, -0.2) is 5.84 Å². The number of hydrogen-bond acceptors (Lipinski definition) is 5. The van der Waals surface area contributed by atoms with E-state index in [-0.39, 0.29) is 0 Å². The molecule has 0 amide bonds.